The van der Waals surface area contributed by atoms with E-state index in [4.69, 9.17) is 9.41 Å². The highest BCUT2D eigenvalue weighted by Gasteiger charge is 2.20. The molecule has 0 spiro atoms. The maximum absolute atomic E-state index is 5.40. The number of hydrogen-bond acceptors (Lipinski definition) is 4. The molecule has 0 aliphatic carbocycles. The Morgan fingerprint density at radius 1 is 1.33 bits per heavy atom. The maximum atomic E-state index is 5.40. The van der Waals surface area contributed by atoms with Crippen molar-refractivity contribution in [3.63, 3.8) is 0 Å². The maximum Gasteiger partial charge on any atom is 0.193 e. The molecule has 0 amide bonds. The summed E-state index contributed by atoms with van der Waals surface area (Å²) in [6.07, 6.45) is 11.8. The van der Waals surface area contributed by atoms with Gasteiger partial charge in [0.15, 0.2) is 5.96 Å². The monoisotopic (exact) mass is 523 g/mol. The van der Waals surface area contributed by atoms with Gasteiger partial charge in [0.2, 0.25) is 0 Å². The zero-order valence-electron chi connectivity index (χ0n) is 17.9. The molecule has 1 saturated heterocycles. The third-order valence-electron chi connectivity index (χ3n) is 5.48. The molecule has 7 heteroatoms. The van der Waals surface area contributed by atoms with Crippen LogP contribution in [0, 0.1) is 5.92 Å². The van der Waals surface area contributed by atoms with Gasteiger partial charge in [0.1, 0.15) is 5.76 Å². The number of furan rings is 1. The smallest absolute Gasteiger partial charge is 0.193 e. The van der Waals surface area contributed by atoms with E-state index in [0.29, 0.717) is 13.1 Å². The molecule has 1 N–H and O–H groups in total. The summed E-state index contributed by atoms with van der Waals surface area (Å²) >= 11 is 0. The van der Waals surface area contributed by atoms with Crippen molar-refractivity contribution in [2.75, 3.05) is 44.7 Å². The predicted molar refractivity (Wildman–Crippen MR) is 135 cm³/mol. The molecule has 164 valence electrons. The molecule has 3 rings (SSSR count). The van der Waals surface area contributed by atoms with Crippen LogP contribution >= 0.6 is 24.0 Å². The summed E-state index contributed by atoms with van der Waals surface area (Å²) in [4.78, 5) is 13.6. The van der Waals surface area contributed by atoms with Crippen molar-refractivity contribution < 1.29 is 4.42 Å². The predicted octanol–water partition coefficient (Wildman–Crippen LogP) is 4.21. The van der Waals surface area contributed by atoms with E-state index in [9.17, 15) is 0 Å². The Morgan fingerprint density at radius 2 is 2.10 bits per heavy atom. The van der Waals surface area contributed by atoms with E-state index in [1.165, 1.54) is 24.9 Å². The van der Waals surface area contributed by atoms with Gasteiger partial charge in [0, 0.05) is 64.3 Å². The summed E-state index contributed by atoms with van der Waals surface area (Å²) in [5.74, 6) is 2.67. The summed E-state index contributed by atoms with van der Waals surface area (Å²) in [7, 11) is 2.12. The molecule has 30 heavy (non-hydrogen) atoms. The summed E-state index contributed by atoms with van der Waals surface area (Å²) < 4.78 is 5.40. The van der Waals surface area contributed by atoms with Gasteiger partial charge in [-0.1, -0.05) is 6.08 Å². The molecule has 0 saturated carbocycles. The summed E-state index contributed by atoms with van der Waals surface area (Å²) in [5.41, 5.74) is 1.29. The van der Waals surface area contributed by atoms with Crippen molar-refractivity contribution in [1.29, 1.82) is 0 Å². The van der Waals surface area contributed by atoms with Crippen molar-refractivity contribution in [3.05, 3.63) is 61.3 Å². The number of hydrogen-bond donors (Lipinski definition) is 1. The fourth-order valence-electron chi connectivity index (χ4n) is 3.72. The van der Waals surface area contributed by atoms with Gasteiger partial charge in [-0.15, -0.1) is 30.6 Å². The second-order valence-electron chi connectivity index (χ2n) is 7.55. The van der Waals surface area contributed by atoms with Crippen LogP contribution in [0.2, 0.25) is 0 Å². The van der Waals surface area contributed by atoms with Crippen LogP contribution in [0.1, 0.15) is 25.0 Å². The van der Waals surface area contributed by atoms with Gasteiger partial charge in [0.05, 0.1) is 6.26 Å². The molecule has 3 heterocycles. The number of anilines is 1. The van der Waals surface area contributed by atoms with Gasteiger partial charge in [-0.05, 0) is 49.4 Å². The number of rotatable bonds is 9. The summed E-state index contributed by atoms with van der Waals surface area (Å²) in [6, 6.07) is 8.12. The zero-order chi connectivity index (χ0) is 20.3. The molecule has 0 radical (unpaired) electrons. The fourth-order valence-corrected chi connectivity index (χ4v) is 3.72. The fraction of sp³-hybridized carbons (Fsp3) is 0.478. The van der Waals surface area contributed by atoms with Crippen molar-refractivity contribution in [1.82, 2.24) is 15.2 Å². The number of nitrogens with one attached hydrogen (secondary N) is 1. The van der Waals surface area contributed by atoms with Crippen LogP contribution in [0.15, 0.2) is 65.0 Å². The van der Waals surface area contributed by atoms with Crippen LogP contribution in [0.4, 0.5) is 5.69 Å². The molecular weight excluding hydrogens is 489 g/mol. The zero-order valence-corrected chi connectivity index (χ0v) is 20.2. The minimum absolute atomic E-state index is 0. The number of pyridine rings is 1. The Labute approximate surface area is 197 Å². The molecule has 0 bridgehead atoms. The Bertz CT molecular complexity index is 742. The number of nitrogens with zero attached hydrogens (tertiary/aromatic N) is 4. The molecule has 0 aromatic carbocycles. The Kier molecular flexibility index (Phi) is 10.8. The van der Waals surface area contributed by atoms with Gasteiger partial charge >= 0.3 is 0 Å². The number of aromatic nitrogens is 1. The van der Waals surface area contributed by atoms with Crippen LogP contribution in [0.25, 0.3) is 0 Å². The van der Waals surface area contributed by atoms with Crippen LogP contribution in [-0.2, 0) is 6.42 Å². The van der Waals surface area contributed by atoms with Gasteiger partial charge in [0.25, 0.3) is 0 Å². The first-order valence-corrected chi connectivity index (χ1v) is 10.5. The van der Waals surface area contributed by atoms with E-state index in [1.807, 2.05) is 30.6 Å². The van der Waals surface area contributed by atoms with Crippen molar-refractivity contribution in [3.8, 4) is 0 Å². The first kappa shape index (κ1) is 24.2. The highest BCUT2D eigenvalue weighted by Crippen LogP contribution is 2.24. The van der Waals surface area contributed by atoms with Crippen molar-refractivity contribution >= 4 is 35.6 Å². The van der Waals surface area contributed by atoms with Gasteiger partial charge < -0.3 is 19.5 Å². The Morgan fingerprint density at radius 3 is 2.77 bits per heavy atom. The lowest BCUT2D eigenvalue weighted by Gasteiger charge is -2.34. The second kappa shape index (κ2) is 13.3. The first-order chi connectivity index (χ1) is 14.3. The van der Waals surface area contributed by atoms with Gasteiger partial charge in [-0.2, -0.15) is 0 Å². The third kappa shape index (κ3) is 7.66. The highest BCUT2D eigenvalue weighted by atomic mass is 127. The number of guanidine groups is 1. The van der Waals surface area contributed by atoms with Crippen LogP contribution < -0.4 is 10.2 Å². The van der Waals surface area contributed by atoms with Gasteiger partial charge in [-0.25, -0.2) is 0 Å². The van der Waals surface area contributed by atoms with E-state index in [0.717, 1.165) is 43.7 Å². The minimum Gasteiger partial charge on any atom is -0.469 e. The normalized spacial score (nSPS) is 14.8. The molecule has 1 aliphatic heterocycles. The quantitative estimate of drug-likeness (QED) is 0.231. The number of halogens is 1. The lowest BCUT2D eigenvalue weighted by Crippen LogP contribution is -2.41. The molecule has 2 aromatic heterocycles. The van der Waals surface area contributed by atoms with Crippen molar-refractivity contribution in [2.45, 2.75) is 25.7 Å². The second-order valence-corrected chi connectivity index (χ2v) is 7.55. The summed E-state index contributed by atoms with van der Waals surface area (Å²) in [6.45, 7) is 8.48. The molecule has 6 nitrogen and oxygen atoms in total. The highest BCUT2D eigenvalue weighted by molar-refractivity contribution is 14.0. The number of piperidine rings is 1. The molecule has 1 aliphatic rings. The van der Waals surface area contributed by atoms with E-state index in [-0.39, 0.29) is 24.0 Å². The molecular formula is C23H34IN5O. The molecule has 0 unspecified atom stereocenters. The Balaban J connectivity index is 0.00000320. The van der Waals surface area contributed by atoms with Crippen molar-refractivity contribution in [2.24, 2.45) is 10.9 Å². The van der Waals surface area contributed by atoms with E-state index in [2.05, 4.69) is 45.9 Å². The van der Waals surface area contributed by atoms with E-state index < -0.39 is 0 Å². The topological polar surface area (TPSA) is 56.9 Å². The molecule has 0 atom stereocenters. The molecule has 1 fully saturated rings. The SMILES string of the molecule is C=CCNC(=NCCc1ccco1)N(C)CCC1CCN(c2ccncc2)CC1.I. The van der Waals surface area contributed by atoms with Gasteiger partial charge in [-0.3, -0.25) is 9.98 Å². The van der Waals surface area contributed by atoms with Crippen LogP contribution in [0.3, 0.4) is 0 Å². The third-order valence-corrected chi connectivity index (χ3v) is 5.48. The average molecular weight is 523 g/mol. The summed E-state index contributed by atoms with van der Waals surface area (Å²) in [5, 5.41) is 3.38. The average Bonchev–Trinajstić information content (AvgIpc) is 3.29. The van der Waals surface area contributed by atoms with Crippen LogP contribution in [0.5, 0.6) is 0 Å². The lowest BCUT2D eigenvalue weighted by molar-refractivity contribution is 0.339. The minimum atomic E-state index is 0. The largest absolute Gasteiger partial charge is 0.469 e. The standard InChI is InChI=1S/C23H33N5O.HI/c1-3-12-25-23(26-15-8-22-5-4-19-29-22)27(2)16-9-20-10-17-28(18-11-20)21-6-13-24-14-7-21;/h3-7,13-14,19-20H,1,8-12,15-18H2,2H3,(H,25,26);1H. The first-order valence-electron chi connectivity index (χ1n) is 10.5. The van der Waals surface area contributed by atoms with E-state index >= 15 is 0 Å². The lowest BCUT2D eigenvalue weighted by atomic mass is 9.93. The number of aliphatic imine (C=N–C) groups is 1. The molecule has 2 aromatic rings. The van der Waals surface area contributed by atoms with E-state index in [1.54, 1.807) is 6.26 Å². The Hall–Kier alpha value is -2.03. The van der Waals surface area contributed by atoms with Crippen LogP contribution in [-0.4, -0.2) is 55.6 Å².